The fourth-order valence-corrected chi connectivity index (χ4v) is 4.33. The van der Waals surface area contributed by atoms with E-state index in [2.05, 4.69) is 5.32 Å². The first kappa shape index (κ1) is 23.3. The first-order chi connectivity index (χ1) is 16.9. The Bertz CT molecular complexity index is 1640. The number of halogens is 1. The fraction of sp³-hybridized carbons (Fsp3) is 0. The van der Waals surface area contributed by atoms with E-state index >= 15 is 0 Å². The number of anilines is 1. The van der Waals surface area contributed by atoms with E-state index in [1.54, 1.807) is 30.3 Å². The zero-order valence-corrected chi connectivity index (χ0v) is 18.7. The molecule has 0 saturated carbocycles. The van der Waals surface area contributed by atoms with Gasteiger partial charge in [-0.25, -0.2) is 4.39 Å². The molecule has 0 unspecified atom stereocenters. The summed E-state index contributed by atoms with van der Waals surface area (Å²) in [5, 5.41) is 23.3. The number of carbonyl (C=O) groups is 1. The van der Waals surface area contributed by atoms with Crippen LogP contribution in [0, 0.1) is 27.3 Å². The van der Waals surface area contributed by atoms with Crippen molar-refractivity contribution in [1.29, 1.82) is 5.26 Å². The molecular formula is C25H15FN4O4S. The Morgan fingerprint density at radius 2 is 1.71 bits per heavy atom. The Balaban J connectivity index is 1.91. The summed E-state index contributed by atoms with van der Waals surface area (Å²) in [5.41, 5.74) is 0.421. The summed E-state index contributed by atoms with van der Waals surface area (Å²) in [5.74, 6) is -1.23. The molecule has 0 aliphatic rings. The fourth-order valence-electron chi connectivity index (χ4n) is 3.23. The van der Waals surface area contributed by atoms with Gasteiger partial charge in [0.2, 0.25) is 0 Å². The molecule has 3 aromatic carbocycles. The maximum atomic E-state index is 13.3. The minimum atomic E-state index is -0.757. The average Bonchev–Trinajstić information content (AvgIpc) is 3.17. The topological polar surface area (TPSA) is 118 Å². The van der Waals surface area contributed by atoms with Gasteiger partial charge < -0.3 is 5.32 Å². The van der Waals surface area contributed by atoms with Crippen LogP contribution in [0.15, 0.2) is 83.7 Å². The van der Waals surface area contributed by atoms with Crippen molar-refractivity contribution in [2.45, 2.75) is 0 Å². The first-order valence-corrected chi connectivity index (χ1v) is 10.9. The zero-order valence-electron chi connectivity index (χ0n) is 17.8. The van der Waals surface area contributed by atoms with E-state index in [-0.39, 0.29) is 26.1 Å². The Hall–Kier alpha value is -4.88. The summed E-state index contributed by atoms with van der Waals surface area (Å²) < 4.78 is 14.8. The molecule has 8 nitrogen and oxygen atoms in total. The van der Waals surface area contributed by atoms with E-state index in [1.807, 2.05) is 6.07 Å². The molecule has 35 heavy (non-hydrogen) atoms. The van der Waals surface area contributed by atoms with Crippen molar-refractivity contribution in [2.75, 3.05) is 5.32 Å². The van der Waals surface area contributed by atoms with Crippen LogP contribution in [-0.2, 0) is 4.79 Å². The lowest BCUT2D eigenvalue weighted by molar-refractivity contribution is -0.384. The molecule has 0 aliphatic heterocycles. The number of nitro benzene ring substituents is 1. The number of thiazole rings is 1. The Kier molecular flexibility index (Phi) is 6.62. The minimum Gasteiger partial charge on any atom is -0.321 e. The average molecular weight is 486 g/mol. The summed E-state index contributed by atoms with van der Waals surface area (Å²) in [6.07, 6.45) is 1.53. The van der Waals surface area contributed by atoms with E-state index < -0.39 is 22.2 Å². The van der Waals surface area contributed by atoms with Gasteiger partial charge in [-0.1, -0.05) is 18.2 Å². The van der Waals surface area contributed by atoms with Gasteiger partial charge in [0.25, 0.3) is 17.2 Å². The minimum absolute atomic E-state index is 0.0896. The molecule has 0 aliphatic carbocycles. The van der Waals surface area contributed by atoms with Crippen LogP contribution >= 0.6 is 11.3 Å². The van der Waals surface area contributed by atoms with Gasteiger partial charge in [0.05, 0.1) is 15.1 Å². The highest BCUT2D eigenvalue weighted by Crippen LogP contribution is 2.13. The Morgan fingerprint density at radius 1 is 1.06 bits per heavy atom. The summed E-state index contributed by atoms with van der Waals surface area (Å²) in [6, 6.07) is 21.1. The van der Waals surface area contributed by atoms with E-state index in [0.717, 1.165) is 11.3 Å². The second-order valence-corrected chi connectivity index (χ2v) is 8.22. The highest BCUT2D eigenvalue weighted by Gasteiger charge is 2.17. The molecule has 0 bridgehead atoms. The lowest BCUT2D eigenvalue weighted by atomic mass is 10.2. The molecule has 0 atom stereocenters. The predicted molar refractivity (Wildman–Crippen MR) is 130 cm³/mol. The van der Waals surface area contributed by atoms with Crippen LogP contribution in [0.5, 0.6) is 0 Å². The number of para-hydroxylation sites is 1. The van der Waals surface area contributed by atoms with Crippen LogP contribution < -0.4 is 20.1 Å². The van der Waals surface area contributed by atoms with Crippen LogP contribution in [0.3, 0.4) is 0 Å². The second kappa shape index (κ2) is 9.94. The summed E-state index contributed by atoms with van der Waals surface area (Å²) in [7, 11) is 0. The van der Waals surface area contributed by atoms with Crippen molar-refractivity contribution >= 4 is 40.3 Å². The Morgan fingerprint density at radius 3 is 2.31 bits per heavy atom. The molecule has 1 aromatic heterocycles. The maximum Gasteiger partial charge on any atom is 0.273 e. The molecule has 4 rings (SSSR count). The molecule has 0 saturated heterocycles. The largest absolute Gasteiger partial charge is 0.321 e. The van der Waals surface area contributed by atoms with Gasteiger partial charge in [-0.3, -0.25) is 24.3 Å². The number of rotatable bonds is 5. The predicted octanol–water partition coefficient (Wildman–Crippen LogP) is 3.09. The second-order valence-electron chi connectivity index (χ2n) is 7.19. The normalized spacial score (nSPS) is 12.1. The molecule has 1 amide bonds. The third kappa shape index (κ3) is 5.05. The van der Waals surface area contributed by atoms with Crippen molar-refractivity contribution in [3.8, 4) is 11.8 Å². The summed E-state index contributed by atoms with van der Waals surface area (Å²) in [6.45, 7) is 0. The van der Waals surface area contributed by atoms with Crippen LogP contribution in [-0.4, -0.2) is 15.4 Å². The number of amides is 1. The van der Waals surface area contributed by atoms with Gasteiger partial charge in [-0.15, -0.1) is 11.3 Å². The summed E-state index contributed by atoms with van der Waals surface area (Å²) >= 11 is 0.941. The molecule has 0 spiro atoms. The molecule has 10 heteroatoms. The number of carbonyl (C=O) groups excluding carboxylic acids is 1. The monoisotopic (exact) mass is 486 g/mol. The van der Waals surface area contributed by atoms with E-state index in [1.165, 1.54) is 59.2 Å². The van der Waals surface area contributed by atoms with Gasteiger partial charge in [0.15, 0.2) is 5.57 Å². The number of nitrogens with zero attached hydrogens (tertiary/aromatic N) is 3. The lowest BCUT2D eigenvalue weighted by Crippen LogP contribution is -2.32. The number of nitrogens with one attached hydrogen (secondary N) is 1. The van der Waals surface area contributed by atoms with Gasteiger partial charge in [0, 0.05) is 17.8 Å². The number of hydrogen-bond acceptors (Lipinski definition) is 6. The van der Waals surface area contributed by atoms with Crippen LogP contribution in [0.25, 0.3) is 17.3 Å². The number of nitro groups is 1. The SMILES string of the molecule is N#C/C(C(=O)Nc1ccc(F)cc1)=c1\s/c(=C/c2ccc([N+](=O)[O-])cc2)c(=O)n1-c1ccccc1. The van der Waals surface area contributed by atoms with Crippen LogP contribution in [0.1, 0.15) is 5.56 Å². The smallest absolute Gasteiger partial charge is 0.273 e. The van der Waals surface area contributed by atoms with E-state index in [0.29, 0.717) is 11.3 Å². The standard InChI is InChI=1S/C25H15FN4O4S/c26-17-8-10-18(11-9-17)28-23(31)21(15-27)25-29(19-4-2-1-3-5-19)24(32)22(35-25)14-16-6-12-20(13-7-16)30(33)34/h1-14H,(H,28,31)/b22-14+,25-21+. The van der Waals surface area contributed by atoms with E-state index in [4.69, 9.17) is 0 Å². The summed E-state index contributed by atoms with van der Waals surface area (Å²) in [4.78, 5) is 36.7. The number of aromatic nitrogens is 1. The Labute approximate surface area is 201 Å². The molecule has 0 radical (unpaired) electrons. The van der Waals surface area contributed by atoms with Gasteiger partial charge in [-0.2, -0.15) is 5.26 Å². The van der Waals surface area contributed by atoms with Crippen molar-refractivity contribution in [3.05, 3.63) is 120 Å². The van der Waals surface area contributed by atoms with Gasteiger partial charge >= 0.3 is 0 Å². The molecule has 1 heterocycles. The van der Waals surface area contributed by atoms with Gasteiger partial charge in [0.1, 0.15) is 16.5 Å². The van der Waals surface area contributed by atoms with Crippen molar-refractivity contribution < 1.29 is 14.1 Å². The lowest BCUT2D eigenvalue weighted by Gasteiger charge is -2.05. The quantitative estimate of drug-likeness (QED) is 0.344. The molecule has 172 valence electrons. The zero-order chi connectivity index (χ0) is 24.9. The van der Waals surface area contributed by atoms with Crippen LogP contribution in [0.4, 0.5) is 15.8 Å². The third-order valence-electron chi connectivity index (χ3n) is 4.89. The highest BCUT2D eigenvalue weighted by molar-refractivity contribution is 7.07. The van der Waals surface area contributed by atoms with Crippen molar-refractivity contribution in [1.82, 2.24) is 4.57 Å². The van der Waals surface area contributed by atoms with E-state index in [9.17, 15) is 29.4 Å². The molecule has 1 N–H and O–H groups in total. The third-order valence-corrected chi connectivity index (χ3v) is 5.99. The van der Waals surface area contributed by atoms with Crippen LogP contribution in [0.2, 0.25) is 0 Å². The number of nitriles is 1. The number of hydrogen-bond donors (Lipinski definition) is 1. The highest BCUT2D eigenvalue weighted by atomic mass is 32.1. The van der Waals surface area contributed by atoms with Crippen molar-refractivity contribution in [2.24, 2.45) is 0 Å². The van der Waals surface area contributed by atoms with Gasteiger partial charge in [-0.05, 0) is 60.2 Å². The first-order valence-electron chi connectivity index (χ1n) is 10.1. The number of benzene rings is 3. The number of non-ortho nitro benzene ring substituents is 1. The molecule has 4 aromatic rings. The molecule has 0 fully saturated rings. The molecular weight excluding hydrogens is 471 g/mol. The maximum absolute atomic E-state index is 13.3. The van der Waals surface area contributed by atoms with Crippen molar-refractivity contribution in [3.63, 3.8) is 0 Å².